The van der Waals surface area contributed by atoms with Crippen LogP contribution in [0.5, 0.6) is 0 Å². The number of aromatic nitrogens is 4. The molecule has 0 unspecified atom stereocenters. The molecular weight excluding hydrogens is 366 g/mol. The molecule has 0 radical (unpaired) electrons. The number of amides is 1. The molecule has 1 amide bonds. The Bertz CT molecular complexity index is 1190. The Kier molecular flexibility index (Phi) is 5.38. The molecule has 0 saturated carbocycles. The zero-order valence-corrected chi connectivity index (χ0v) is 15.7. The fourth-order valence-electron chi connectivity index (χ4n) is 3.13. The molecule has 3 heterocycles. The van der Waals surface area contributed by atoms with Gasteiger partial charge in [0.05, 0.1) is 11.1 Å². The third-order valence-electron chi connectivity index (χ3n) is 4.57. The SMILES string of the molecule is O=C(Cn1nc(Cc2ccncc2)c2ccccc2c1=O)NCc1cccnc1. The van der Waals surface area contributed by atoms with Gasteiger partial charge in [-0.15, -0.1) is 0 Å². The minimum atomic E-state index is -0.284. The summed E-state index contributed by atoms with van der Waals surface area (Å²) in [5.41, 5.74) is 2.38. The number of benzene rings is 1. The summed E-state index contributed by atoms with van der Waals surface area (Å²) in [7, 11) is 0. The summed E-state index contributed by atoms with van der Waals surface area (Å²) in [6.45, 7) is 0.201. The van der Waals surface area contributed by atoms with Gasteiger partial charge in [0.1, 0.15) is 6.54 Å². The van der Waals surface area contributed by atoms with Crippen LogP contribution in [0.4, 0.5) is 0 Å². The second-order valence-corrected chi connectivity index (χ2v) is 6.63. The monoisotopic (exact) mass is 385 g/mol. The summed E-state index contributed by atoms with van der Waals surface area (Å²) in [4.78, 5) is 33.3. The predicted octanol–water partition coefficient (Wildman–Crippen LogP) is 2.09. The summed E-state index contributed by atoms with van der Waals surface area (Å²) in [6.07, 6.45) is 7.35. The highest BCUT2D eigenvalue weighted by molar-refractivity contribution is 5.84. The number of carbonyl (C=O) groups is 1. The third kappa shape index (κ3) is 4.35. The molecule has 0 aliphatic rings. The molecule has 7 nitrogen and oxygen atoms in total. The van der Waals surface area contributed by atoms with Crippen molar-refractivity contribution in [3.05, 3.63) is 100 Å². The van der Waals surface area contributed by atoms with Crippen molar-refractivity contribution in [3.8, 4) is 0 Å². The van der Waals surface area contributed by atoms with E-state index in [9.17, 15) is 9.59 Å². The molecule has 1 aromatic carbocycles. The van der Waals surface area contributed by atoms with Crippen molar-refractivity contribution >= 4 is 16.7 Å². The molecule has 0 saturated heterocycles. The van der Waals surface area contributed by atoms with Gasteiger partial charge < -0.3 is 5.32 Å². The maximum absolute atomic E-state index is 12.8. The Morgan fingerprint density at radius 3 is 2.45 bits per heavy atom. The zero-order valence-electron chi connectivity index (χ0n) is 15.7. The Labute approximate surface area is 167 Å². The molecule has 4 aromatic rings. The minimum Gasteiger partial charge on any atom is -0.350 e. The number of fused-ring (bicyclic) bond motifs is 1. The van der Waals surface area contributed by atoms with Crippen LogP contribution < -0.4 is 10.9 Å². The lowest BCUT2D eigenvalue weighted by Crippen LogP contribution is -2.34. The number of nitrogens with zero attached hydrogens (tertiary/aromatic N) is 4. The van der Waals surface area contributed by atoms with Gasteiger partial charge in [-0.3, -0.25) is 19.6 Å². The van der Waals surface area contributed by atoms with Crippen molar-refractivity contribution in [1.82, 2.24) is 25.1 Å². The highest BCUT2D eigenvalue weighted by Crippen LogP contribution is 2.16. The number of carbonyl (C=O) groups excluding carboxylic acids is 1. The van der Waals surface area contributed by atoms with Crippen LogP contribution in [-0.4, -0.2) is 25.7 Å². The zero-order chi connectivity index (χ0) is 20.1. The molecule has 144 valence electrons. The number of rotatable bonds is 6. The van der Waals surface area contributed by atoms with Crippen molar-refractivity contribution < 1.29 is 4.79 Å². The van der Waals surface area contributed by atoms with Crippen LogP contribution in [0.15, 0.2) is 78.1 Å². The molecule has 4 rings (SSSR count). The predicted molar refractivity (Wildman–Crippen MR) is 109 cm³/mol. The number of pyridine rings is 2. The van der Waals surface area contributed by atoms with E-state index in [2.05, 4.69) is 20.4 Å². The van der Waals surface area contributed by atoms with Crippen LogP contribution in [0.25, 0.3) is 10.8 Å². The Morgan fingerprint density at radius 2 is 1.69 bits per heavy atom. The van der Waals surface area contributed by atoms with Gasteiger partial charge in [0.25, 0.3) is 5.56 Å². The van der Waals surface area contributed by atoms with Crippen molar-refractivity contribution in [2.45, 2.75) is 19.5 Å². The van der Waals surface area contributed by atoms with Gasteiger partial charge in [-0.1, -0.05) is 24.3 Å². The minimum absolute atomic E-state index is 0.146. The van der Waals surface area contributed by atoms with Crippen LogP contribution in [-0.2, 0) is 24.3 Å². The first-order valence-electron chi connectivity index (χ1n) is 9.24. The highest BCUT2D eigenvalue weighted by Gasteiger charge is 2.13. The lowest BCUT2D eigenvalue weighted by Gasteiger charge is -2.11. The normalized spacial score (nSPS) is 10.8. The van der Waals surface area contributed by atoms with E-state index in [-0.39, 0.29) is 18.0 Å². The summed E-state index contributed by atoms with van der Waals surface area (Å²) in [6, 6.07) is 14.8. The molecule has 1 N–H and O–H groups in total. The molecule has 3 aromatic heterocycles. The van der Waals surface area contributed by atoms with Crippen LogP contribution in [0.1, 0.15) is 16.8 Å². The standard InChI is InChI=1S/C22H19N5O2/c28-21(25-14-17-4-3-9-24-13-17)15-27-22(29)19-6-2-1-5-18(19)20(26-27)12-16-7-10-23-11-8-16/h1-11,13H,12,14-15H2,(H,25,28). The van der Waals surface area contributed by atoms with Crippen molar-refractivity contribution in [2.75, 3.05) is 0 Å². The maximum Gasteiger partial charge on any atom is 0.275 e. The van der Waals surface area contributed by atoms with Gasteiger partial charge in [-0.05, 0) is 35.4 Å². The van der Waals surface area contributed by atoms with E-state index in [4.69, 9.17) is 0 Å². The molecule has 7 heteroatoms. The smallest absolute Gasteiger partial charge is 0.275 e. The lowest BCUT2D eigenvalue weighted by atomic mass is 10.1. The Balaban J connectivity index is 1.61. The third-order valence-corrected chi connectivity index (χ3v) is 4.57. The average Bonchev–Trinajstić information content (AvgIpc) is 2.77. The van der Waals surface area contributed by atoms with Crippen molar-refractivity contribution in [3.63, 3.8) is 0 Å². The number of nitrogens with one attached hydrogen (secondary N) is 1. The van der Waals surface area contributed by atoms with Crippen LogP contribution >= 0.6 is 0 Å². The van der Waals surface area contributed by atoms with E-state index in [0.717, 1.165) is 22.2 Å². The molecule has 0 bridgehead atoms. The first-order valence-corrected chi connectivity index (χ1v) is 9.24. The van der Waals surface area contributed by atoms with Crippen LogP contribution in [0.2, 0.25) is 0 Å². The van der Waals surface area contributed by atoms with Crippen LogP contribution in [0.3, 0.4) is 0 Å². The van der Waals surface area contributed by atoms with E-state index in [1.807, 2.05) is 42.5 Å². The highest BCUT2D eigenvalue weighted by atomic mass is 16.2. The summed E-state index contributed by atoms with van der Waals surface area (Å²) in [5.74, 6) is -0.284. The molecule has 0 fully saturated rings. The number of hydrogen-bond acceptors (Lipinski definition) is 5. The quantitative estimate of drug-likeness (QED) is 0.549. The van der Waals surface area contributed by atoms with E-state index in [1.54, 1.807) is 30.9 Å². The van der Waals surface area contributed by atoms with E-state index >= 15 is 0 Å². The number of hydrogen-bond donors (Lipinski definition) is 1. The summed E-state index contributed by atoms with van der Waals surface area (Å²) >= 11 is 0. The van der Waals surface area contributed by atoms with E-state index in [0.29, 0.717) is 18.4 Å². The van der Waals surface area contributed by atoms with Gasteiger partial charge in [0.2, 0.25) is 5.91 Å². The molecule has 0 aliphatic heterocycles. The van der Waals surface area contributed by atoms with Gasteiger partial charge in [-0.25, -0.2) is 4.68 Å². The van der Waals surface area contributed by atoms with E-state index in [1.165, 1.54) is 4.68 Å². The molecule has 0 aliphatic carbocycles. The van der Waals surface area contributed by atoms with Crippen molar-refractivity contribution in [1.29, 1.82) is 0 Å². The lowest BCUT2D eigenvalue weighted by molar-refractivity contribution is -0.122. The second-order valence-electron chi connectivity index (χ2n) is 6.63. The average molecular weight is 385 g/mol. The first-order chi connectivity index (χ1) is 14.2. The van der Waals surface area contributed by atoms with Gasteiger partial charge >= 0.3 is 0 Å². The van der Waals surface area contributed by atoms with Gasteiger partial charge in [-0.2, -0.15) is 5.10 Å². The second kappa shape index (κ2) is 8.43. The summed E-state index contributed by atoms with van der Waals surface area (Å²) in [5, 5.41) is 8.65. The maximum atomic E-state index is 12.8. The largest absolute Gasteiger partial charge is 0.350 e. The van der Waals surface area contributed by atoms with E-state index < -0.39 is 0 Å². The fourth-order valence-corrected chi connectivity index (χ4v) is 3.13. The Hall–Kier alpha value is -3.87. The topological polar surface area (TPSA) is 89.8 Å². The molecule has 0 atom stereocenters. The van der Waals surface area contributed by atoms with Crippen LogP contribution in [0, 0.1) is 0 Å². The first kappa shape index (κ1) is 18.5. The molecular formula is C22H19N5O2. The summed E-state index contributed by atoms with van der Waals surface area (Å²) < 4.78 is 1.23. The van der Waals surface area contributed by atoms with Gasteiger partial charge in [0, 0.05) is 43.1 Å². The molecule has 0 spiro atoms. The van der Waals surface area contributed by atoms with Gasteiger partial charge in [0.15, 0.2) is 0 Å². The van der Waals surface area contributed by atoms with Crippen molar-refractivity contribution in [2.24, 2.45) is 0 Å². The molecule has 29 heavy (non-hydrogen) atoms. The fraction of sp³-hybridized carbons (Fsp3) is 0.136. The Morgan fingerprint density at radius 1 is 0.897 bits per heavy atom.